The Labute approximate surface area is 116 Å². The minimum atomic E-state index is -0.407. The summed E-state index contributed by atoms with van der Waals surface area (Å²) in [6, 6.07) is 2.37. The lowest BCUT2D eigenvalue weighted by atomic mass is 9.97. The highest BCUT2D eigenvalue weighted by molar-refractivity contribution is 5.03. The first-order valence-corrected chi connectivity index (χ1v) is 7.02. The maximum absolute atomic E-state index is 9.20. The smallest absolute Gasteiger partial charge is 0.103 e. The molecule has 3 unspecified atom stereocenters. The second-order valence-corrected chi connectivity index (χ2v) is 5.39. The second-order valence-electron chi connectivity index (χ2n) is 5.39. The number of nitriles is 1. The lowest BCUT2D eigenvalue weighted by Gasteiger charge is -2.24. The number of likely N-dealkylation sites (tertiary alicyclic amines) is 1. The minimum absolute atomic E-state index is 0.168. The van der Waals surface area contributed by atoms with E-state index >= 15 is 0 Å². The Balaban J connectivity index is 2.32. The summed E-state index contributed by atoms with van der Waals surface area (Å²) in [5.41, 5.74) is -0.407. The average molecular weight is 269 g/mol. The average Bonchev–Trinajstić information content (AvgIpc) is 2.81. The molecule has 1 heterocycles. The van der Waals surface area contributed by atoms with E-state index in [1.807, 2.05) is 13.8 Å². The molecule has 5 heteroatoms. The summed E-state index contributed by atoms with van der Waals surface area (Å²) in [5, 5.41) is 12.4. The maximum atomic E-state index is 9.20. The van der Waals surface area contributed by atoms with Gasteiger partial charge in [0.1, 0.15) is 5.54 Å². The van der Waals surface area contributed by atoms with Crippen molar-refractivity contribution in [2.24, 2.45) is 0 Å². The highest BCUT2D eigenvalue weighted by atomic mass is 16.5. The first-order valence-electron chi connectivity index (χ1n) is 7.02. The fourth-order valence-electron chi connectivity index (χ4n) is 2.68. The summed E-state index contributed by atoms with van der Waals surface area (Å²) >= 11 is 0. The third kappa shape index (κ3) is 4.73. The Bertz CT molecular complexity index is 294. The van der Waals surface area contributed by atoms with Gasteiger partial charge >= 0.3 is 0 Å². The van der Waals surface area contributed by atoms with Crippen LogP contribution in [0.3, 0.4) is 0 Å². The predicted molar refractivity (Wildman–Crippen MR) is 75.0 cm³/mol. The molecule has 110 valence electrons. The van der Waals surface area contributed by atoms with Crippen LogP contribution < -0.4 is 5.32 Å². The van der Waals surface area contributed by atoms with Crippen LogP contribution in [-0.2, 0) is 9.47 Å². The van der Waals surface area contributed by atoms with E-state index in [4.69, 9.17) is 9.47 Å². The van der Waals surface area contributed by atoms with Crippen LogP contribution in [0.25, 0.3) is 0 Å². The van der Waals surface area contributed by atoms with E-state index in [2.05, 4.69) is 16.3 Å². The van der Waals surface area contributed by atoms with Crippen LogP contribution >= 0.6 is 0 Å². The molecule has 1 fully saturated rings. The van der Waals surface area contributed by atoms with Crippen molar-refractivity contribution in [1.82, 2.24) is 10.2 Å². The van der Waals surface area contributed by atoms with Gasteiger partial charge in [-0.2, -0.15) is 5.26 Å². The molecule has 0 radical (unpaired) electrons. The number of ether oxygens (including phenoxy) is 2. The van der Waals surface area contributed by atoms with E-state index in [0.717, 1.165) is 39.0 Å². The fraction of sp³-hybridized carbons (Fsp3) is 0.929. The van der Waals surface area contributed by atoms with Crippen LogP contribution in [0.15, 0.2) is 0 Å². The van der Waals surface area contributed by atoms with Crippen LogP contribution in [0.4, 0.5) is 0 Å². The first kappa shape index (κ1) is 16.4. The van der Waals surface area contributed by atoms with Gasteiger partial charge < -0.3 is 9.47 Å². The largest absolute Gasteiger partial charge is 0.377 e. The standard InChI is InChI=1S/C14H27N3O2/c1-5-16-14(2,11-15)7-6-8-17-9-12(18-3)13(10-17)19-4/h12-13,16H,5-10H2,1-4H3. The zero-order chi connectivity index (χ0) is 14.3. The normalized spacial score (nSPS) is 27.1. The predicted octanol–water partition coefficient (Wildman–Crippen LogP) is 1.00. The van der Waals surface area contributed by atoms with Crippen molar-refractivity contribution in [3.05, 3.63) is 0 Å². The highest BCUT2D eigenvalue weighted by Gasteiger charge is 2.32. The van der Waals surface area contributed by atoms with Gasteiger partial charge in [-0.05, 0) is 32.9 Å². The van der Waals surface area contributed by atoms with E-state index < -0.39 is 5.54 Å². The van der Waals surface area contributed by atoms with Crippen molar-refractivity contribution in [3.63, 3.8) is 0 Å². The summed E-state index contributed by atoms with van der Waals surface area (Å²) in [6.07, 6.45) is 2.20. The summed E-state index contributed by atoms with van der Waals surface area (Å²) in [7, 11) is 3.47. The van der Waals surface area contributed by atoms with Crippen molar-refractivity contribution in [3.8, 4) is 6.07 Å². The highest BCUT2D eigenvalue weighted by Crippen LogP contribution is 2.18. The van der Waals surface area contributed by atoms with Crippen LogP contribution in [0.2, 0.25) is 0 Å². The number of nitrogens with zero attached hydrogens (tertiary/aromatic N) is 2. The van der Waals surface area contributed by atoms with Gasteiger partial charge in [-0.1, -0.05) is 6.92 Å². The molecule has 0 saturated carbocycles. The molecule has 3 atom stereocenters. The molecule has 1 N–H and O–H groups in total. The molecule has 0 aromatic carbocycles. The Morgan fingerprint density at radius 1 is 1.32 bits per heavy atom. The Morgan fingerprint density at radius 2 is 1.89 bits per heavy atom. The van der Waals surface area contributed by atoms with E-state index in [0.29, 0.717) is 0 Å². The van der Waals surface area contributed by atoms with Gasteiger partial charge in [0, 0.05) is 27.3 Å². The molecular formula is C14H27N3O2. The third-order valence-electron chi connectivity index (χ3n) is 3.86. The van der Waals surface area contributed by atoms with Crippen molar-refractivity contribution >= 4 is 0 Å². The number of hydrogen-bond donors (Lipinski definition) is 1. The van der Waals surface area contributed by atoms with Crippen LogP contribution in [0.1, 0.15) is 26.7 Å². The zero-order valence-electron chi connectivity index (χ0n) is 12.6. The molecular weight excluding hydrogens is 242 g/mol. The topological polar surface area (TPSA) is 57.5 Å². The first-order chi connectivity index (χ1) is 9.08. The summed E-state index contributed by atoms with van der Waals surface area (Å²) in [4.78, 5) is 2.35. The Morgan fingerprint density at radius 3 is 2.32 bits per heavy atom. The zero-order valence-corrected chi connectivity index (χ0v) is 12.6. The number of methoxy groups -OCH3 is 2. The molecule has 0 aliphatic carbocycles. The molecule has 1 aliphatic heterocycles. The van der Waals surface area contributed by atoms with Gasteiger partial charge in [-0.25, -0.2) is 0 Å². The van der Waals surface area contributed by atoms with Gasteiger partial charge in [0.25, 0.3) is 0 Å². The van der Waals surface area contributed by atoms with Crippen LogP contribution in [-0.4, -0.2) is 63.0 Å². The van der Waals surface area contributed by atoms with E-state index in [9.17, 15) is 5.26 Å². The van der Waals surface area contributed by atoms with E-state index in [1.165, 1.54) is 0 Å². The Kier molecular flexibility index (Phi) is 6.73. The van der Waals surface area contributed by atoms with Gasteiger partial charge in [0.2, 0.25) is 0 Å². The molecule has 0 spiro atoms. The maximum Gasteiger partial charge on any atom is 0.103 e. The number of hydrogen-bond acceptors (Lipinski definition) is 5. The molecule has 1 aliphatic rings. The van der Waals surface area contributed by atoms with E-state index in [-0.39, 0.29) is 12.2 Å². The molecule has 0 aromatic heterocycles. The van der Waals surface area contributed by atoms with Gasteiger partial charge in [-0.3, -0.25) is 10.2 Å². The van der Waals surface area contributed by atoms with Gasteiger partial charge in [0.15, 0.2) is 0 Å². The van der Waals surface area contributed by atoms with Crippen molar-refractivity contribution in [1.29, 1.82) is 5.26 Å². The number of nitrogens with one attached hydrogen (secondary N) is 1. The third-order valence-corrected chi connectivity index (χ3v) is 3.86. The molecule has 0 amide bonds. The molecule has 19 heavy (non-hydrogen) atoms. The second kappa shape index (κ2) is 7.81. The SMILES string of the molecule is CCNC(C)(C#N)CCCN1CC(OC)C(OC)C1. The van der Waals surface area contributed by atoms with Crippen molar-refractivity contribution < 1.29 is 9.47 Å². The van der Waals surface area contributed by atoms with Crippen LogP contribution in [0.5, 0.6) is 0 Å². The minimum Gasteiger partial charge on any atom is -0.377 e. The Hall–Kier alpha value is -0.670. The molecule has 1 rings (SSSR count). The van der Waals surface area contributed by atoms with Crippen LogP contribution in [0, 0.1) is 11.3 Å². The lowest BCUT2D eigenvalue weighted by Crippen LogP contribution is -2.41. The molecule has 5 nitrogen and oxygen atoms in total. The lowest BCUT2D eigenvalue weighted by molar-refractivity contribution is -0.00461. The van der Waals surface area contributed by atoms with Crippen molar-refractivity contribution in [2.45, 2.75) is 44.4 Å². The molecule has 0 aromatic rings. The molecule has 0 bridgehead atoms. The van der Waals surface area contributed by atoms with Gasteiger partial charge in [-0.15, -0.1) is 0 Å². The molecule has 1 saturated heterocycles. The summed E-state index contributed by atoms with van der Waals surface area (Å²) < 4.78 is 10.8. The monoisotopic (exact) mass is 269 g/mol. The quantitative estimate of drug-likeness (QED) is 0.712. The van der Waals surface area contributed by atoms with Gasteiger partial charge in [0.05, 0.1) is 18.3 Å². The van der Waals surface area contributed by atoms with E-state index in [1.54, 1.807) is 14.2 Å². The summed E-state index contributed by atoms with van der Waals surface area (Å²) in [5.74, 6) is 0. The van der Waals surface area contributed by atoms with Crippen molar-refractivity contribution in [2.75, 3.05) is 40.4 Å². The summed E-state index contributed by atoms with van der Waals surface area (Å²) in [6.45, 7) is 7.64. The number of rotatable bonds is 8. The fourth-order valence-corrected chi connectivity index (χ4v) is 2.68.